The first-order chi connectivity index (χ1) is 11.0. The molecule has 0 aliphatic heterocycles. The van der Waals surface area contributed by atoms with Crippen molar-refractivity contribution in [1.82, 2.24) is 0 Å². The third-order valence-electron chi connectivity index (χ3n) is 3.74. The maximum absolute atomic E-state index is 7.77. The zero-order valence-corrected chi connectivity index (χ0v) is 14.1. The number of allylic oxidation sites excluding steroid dienone is 2. The van der Waals surface area contributed by atoms with Gasteiger partial charge in [0.25, 0.3) is 0 Å². The number of anilines is 1. The van der Waals surface area contributed by atoms with E-state index in [0.29, 0.717) is 23.2 Å². The van der Waals surface area contributed by atoms with E-state index in [1.165, 1.54) is 12.8 Å². The molecule has 0 bridgehead atoms. The molecule has 5 nitrogen and oxygen atoms in total. The second-order valence-electron chi connectivity index (χ2n) is 5.62. The van der Waals surface area contributed by atoms with Crippen LogP contribution in [-0.4, -0.2) is 31.1 Å². The Balaban J connectivity index is 2.28. The summed E-state index contributed by atoms with van der Waals surface area (Å²) in [6.07, 6.45) is 3.25. The third kappa shape index (κ3) is 3.80. The van der Waals surface area contributed by atoms with Gasteiger partial charge in [-0.15, -0.1) is 0 Å². The quantitative estimate of drug-likeness (QED) is 0.818. The van der Waals surface area contributed by atoms with Crippen molar-refractivity contribution in [2.45, 2.75) is 26.8 Å². The Morgan fingerprint density at radius 2 is 1.87 bits per heavy atom. The van der Waals surface area contributed by atoms with E-state index in [9.17, 15) is 0 Å². The van der Waals surface area contributed by atoms with Gasteiger partial charge in [-0.25, -0.2) is 4.99 Å². The van der Waals surface area contributed by atoms with E-state index in [-0.39, 0.29) is 5.71 Å². The van der Waals surface area contributed by atoms with Crippen molar-refractivity contribution in [1.29, 1.82) is 5.41 Å². The van der Waals surface area contributed by atoms with Gasteiger partial charge in [-0.1, -0.05) is 0 Å². The van der Waals surface area contributed by atoms with Gasteiger partial charge in [-0.2, -0.15) is 0 Å². The zero-order chi connectivity index (χ0) is 17.0. The molecule has 0 aromatic heterocycles. The van der Waals surface area contributed by atoms with Crippen molar-refractivity contribution in [3.05, 3.63) is 47.9 Å². The van der Waals surface area contributed by atoms with Crippen LogP contribution >= 0.6 is 0 Å². The largest absolute Gasteiger partial charge is 0.494 e. The number of nitrogens with two attached hydrogens (primary N) is 1. The highest BCUT2D eigenvalue weighted by molar-refractivity contribution is 6.22. The summed E-state index contributed by atoms with van der Waals surface area (Å²) in [6.45, 7) is 7.46. The normalized spacial score (nSPS) is 16.4. The van der Waals surface area contributed by atoms with Gasteiger partial charge < -0.3 is 15.4 Å². The van der Waals surface area contributed by atoms with Crippen molar-refractivity contribution in [2.24, 2.45) is 10.7 Å². The molecule has 0 amide bonds. The fraction of sp³-hybridized carbons (Fsp3) is 0.333. The Morgan fingerprint density at radius 3 is 2.39 bits per heavy atom. The molecule has 122 valence electrons. The summed E-state index contributed by atoms with van der Waals surface area (Å²) in [4.78, 5) is 6.87. The molecule has 5 heteroatoms. The van der Waals surface area contributed by atoms with Crippen molar-refractivity contribution in [3.63, 3.8) is 0 Å². The van der Waals surface area contributed by atoms with Crippen LogP contribution < -0.4 is 10.6 Å². The summed E-state index contributed by atoms with van der Waals surface area (Å²) in [5.41, 5.74) is 9.29. The van der Waals surface area contributed by atoms with Crippen molar-refractivity contribution < 1.29 is 4.74 Å². The SMILES string of the molecule is CCN(c1ccc(N=C2C=C(OC)C(=N)C=C2N)cc1)C(C)C. The Labute approximate surface area is 137 Å². The van der Waals surface area contributed by atoms with Gasteiger partial charge in [-0.05, 0) is 51.1 Å². The van der Waals surface area contributed by atoms with E-state index < -0.39 is 0 Å². The zero-order valence-electron chi connectivity index (χ0n) is 14.1. The van der Waals surface area contributed by atoms with Crippen molar-refractivity contribution in [3.8, 4) is 0 Å². The molecule has 0 saturated heterocycles. The predicted molar refractivity (Wildman–Crippen MR) is 96.8 cm³/mol. The minimum absolute atomic E-state index is 0.259. The first-order valence-electron chi connectivity index (χ1n) is 7.73. The summed E-state index contributed by atoms with van der Waals surface area (Å²) in [6, 6.07) is 8.53. The average Bonchev–Trinajstić information content (AvgIpc) is 2.52. The third-order valence-corrected chi connectivity index (χ3v) is 3.74. The molecule has 1 aromatic carbocycles. The Hall–Kier alpha value is -2.56. The number of benzene rings is 1. The van der Waals surface area contributed by atoms with Crippen molar-refractivity contribution in [2.75, 3.05) is 18.6 Å². The molecule has 1 aromatic rings. The summed E-state index contributed by atoms with van der Waals surface area (Å²) in [5.74, 6) is 0.464. The topological polar surface area (TPSA) is 74.7 Å². The number of nitrogens with one attached hydrogen (secondary N) is 1. The number of aliphatic imine (C=N–C) groups is 1. The van der Waals surface area contributed by atoms with Crippen LogP contribution in [0, 0.1) is 5.41 Å². The van der Waals surface area contributed by atoms with E-state index in [1.54, 1.807) is 12.2 Å². The Kier molecular flexibility index (Phi) is 5.21. The molecule has 1 aliphatic rings. The molecule has 2 rings (SSSR count). The molecular formula is C18H24N4O. The van der Waals surface area contributed by atoms with Gasteiger partial charge in [0.1, 0.15) is 5.76 Å². The maximum atomic E-state index is 7.77. The smallest absolute Gasteiger partial charge is 0.146 e. The van der Waals surface area contributed by atoms with Crippen LogP contribution in [0.3, 0.4) is 0 Å². The van der Waals surface area contributed by atoms with Gasteiger partial charge in [-0.3, -0.25) is 5.41 Å². The molecular weight excluding hydrogens is 288 g/mol. The molecule has 0 unspecified atom stereocenters. The molecule has 0 spiro atoms. The average molecular weight is 312 g/mol. The van der Waals surface area contributed by atoms with E-state index in [4.69, 9.17) is 15.9 Å². The molecule has 23 heavy (non-hydrogen) atoms. The van der Waals surface area contributed by atoms with Crippen LogP contribution in [0.1, 0.15) is 20.8 Å². The van der Waals surface area contributed by atoms with Gasteiger partial charge in [0.2, 0.25) is 0 Å². The molecule has 0 fully saturated rings. The minimum atomic E-state index is 0.259. The monoisotopic (exact) mass is 312 g/mol. The number of hydrogen-bond acceptors (Lipinski definition) is 5. The maximum Gasteiger partial charge on any atom is 0.146 e. The second-order valence-corrected chi connectivity index (χ2v) is 5.62. The number of ether oxygens (including phenoxy) is 1. The molecule has 3 N–H and O–H groups in total. The van der Waals surface area contributed by atoms with Crippen LogP contribution in [0.25, 0.3) is 0 Å². The predicted octanol–water partition coefficient (Wildman–Crippen LogP) is 3.40. The molecule has 0 heterocycles. The van der Waals surface area contributed by atoms with Crippen LogP contribution in [-0.2, 0) is 4.74 Å². The number of hydrogen-bond donors (Lipinski definition) is 2. The van der Waals surface area contributed by atoms with E-state index in [0.717, 1.165) is 12.2 Å². The van der Waals surface area contributed by atoms with E-state index in [1.807, 2.05) is 12.1 Å². The van der Waals surface area contributed by atoms with Gasteiger partial charge >= 0.3 is 0 Å². The van der Waals surface area contributed by atoms with Crippen LogP contribution in [0.5, 0.6) is 0 Å². The highest BCUT2D eigenvalue weighted by Gasteiger charge is 2.15. The fourth-order valence-corrected chi connectivity index (χ4v) is 2.56. The van der Waals surface area contributed by atoms with Crippen LogP contribution in [0.15, 0.2) is 52.9 Å². The summed E-state index contributed by atoms with van der Waals surface area (Å²) in [5, 5.41) is 7.77. The van der Waals surface area contributed by atoms with Crippen molar-refractivity contribution >= 4 is 22.8 Å². The fourth-order valence-electron chi connectivity index (χ4n) is 2.56. The Bertz CT molecular complexity index is 669. The number of nitrogens with zero attached hydrogens (tertiary/aromatic N) is 2. The molecule has 0 radical (unpaired) electrons. The summed E-state index contributed by atoms with van der Waals surface area (Å²) < 4.78 is 5.16. The minimum Gasteiger partial charge on any atom is -0.494 e. The molecule has 0 saturated carbocycles. The first kappa shape index (κ1) is 16.8. The second kappa shape index (κ2) is 7.13. The van der Waals surface area contributed by atoms with Crippen LogP contribution in [0.4, 0.5) is 11.4 Å². The number of rotatable bonds is 5. The molecule has 0 atom stereocenters. The summed E-state index contributed by atoms with van der Waals surface area (Å²) in [7, 11) is 1.54. The van der Waals surface area contributed by atoms with E-state index >= 15 is 0 Å². The van der Waals surface area contributed by atoms with Gasteiger partial charge in [0, 0.05) is 24.4 Å². The Morgan fingerprint density at radius 1 is 1.22 bits per heavy atom. The first-order valence-corrected chi connectivity index (χ1v) is 7.73. The number of methoxy groups -OCH3 is 1. The van der Waals surface area contributed by atoms with E-state index in [2.05, 4.69) is 42.8 Å². The lowest BCUT2D eigenvalue weighted by molar-refractivity contribution is 0.315. The lowest BCUT2D eigenvalue weighted by atomic mass is 10.1. The lowest BCUT2D eigenvalue weighted by Gasteiger charge is -2.27. The highest BCUT2D eigenvalue weighted by Crippen LogP contribution is 2.23. The van der Waals surface area contributed by atoms with Crippen LogP contribution in [0.2, 0.25) is 0 Å². The van der Waals surface area contributed by atoms with Gasteiger partial charge in [0.15, 0.2) is 0 Å². The lowest BCUT2D eigenvalue weighted by Crippen LogP contribution is -2.30. The standard InChI is InChI=1S/C18H24N4O/c1-5-22(12(2)3)14-8-6-13(7-9-14)21-17-11-18(23-4)16(20)10-15(17)19/h6-12,20H,5,19H2,1-4H3. The molecule has 1 aliphatic carbocycles. The van der Waals surface area contributed by atoms with Gasteiger partial charge in [0.05, 0.1) is 29.9 Å². The highest BCUT2D eigenvalue weighted by atomic mass is 16.5. The summed E-state index contributed by atoms with van der Waals surface area (Å²) >= 11 is 0.